The highest BCUT2D eigenvalue weighted by Crippen LogP contribution is 2.27. The van der Waals surface area contributed by atoms with E-state index in [0.29, 0.717) is 47.0 Å². The van der Waals surface area contributed by atoms with E-state index in [1.807, 2.05) is 13.8 Å². The summed E-state index contributed by atoms with van der Waals surface area (Å²) in [6.07, 6.45) is 5.73. The Morgan fingerprint density at radius 3 is 1.77 bits per heavy atom. The van der Waals surface area contributed by atoms with E-state index in [1.165, 1.54) is 50.0 Å². The fourth-order valence-corrected chi connectivity index (χ4v) is 11.1. The van der Waals surface area contributed by atoms with Gasteiger partial charge in [0.15, 0.2) is 5.96 Å². The molecule has 11 atom stereocenters. The number of aliphatic carboxylic acids is 1. The molecule has 17 N–H and O–H groups in total. The molecule has 31 heteroatoms. The molecular formula is C62H87N17O14. The number of hydrogen-bond acceptors (Lipinski definition) is 15. The molecule has 0 spiro atoms. The SMILES string of the molecule is CC(=O)N[C@@H](CC(C)C)C(=O)N[C@@H](C)C(=O)N[C@@H](C)C(=O)N[C@@H](Cc1cnc[nH]1)C(=O)N1CCC[C@H]1C(=O)N1CCC[C@H]1C(=O)N[C@@H](Cc1ccccc1)C(=O)N[C@@H](C)C(=O)N[C@@H](CO)C(=O)N[C@@H](Cc1c[nH]c2ccccc12)C(=O)N[C@@H](CCCN=C(N)N)C(=O)O. The van der Waals surface area contributed by atoms with Crippen LogP contribution in [0, 0.1) is 5.92 Å². The van der Waals surface area contributed by atoms with Gasteiger partial charge in [-0.05, 0) is 88.8 Å². The van der Waals surface area contributed by atoms with Crippen LogP contribution in [-0.4, -0.2) is 205 Å². The van der Waals surface area contributed by atoms with Gasteiger partial charge in [-0.1, -0.05) is 62.4 Å². The number of carboxylic acids is 1. The number of aliphatic imine (C=N–C) groups is 1. The fourth-order valence-electron chi connectivity index (χ4n) is 11.1. The Hall–Kier alpha value is -9.94. The molecule has 0 saturated carbocycles. The normalized spacial score (nSPS) is 17.4. The number of H-pyrrole nitrogens is 2. The van der Waals surface area contributed by atoms with Gasteiger partial charge in [0.1, 0.15) is 66.5 Å². The van der Waals surface area contributed by atoms with Gasteiger partial charge in [0, 0.05) is 74.8 Å². The molecule has 2 saturated heterocycles. The number of hydrogen-bond donors (Lipinski definition) is 15. The van der Waals surface area contributed by atoms with E-state index in [2.05, 4.69) is 67.8 Å². The maximum absolute atomic E-state index is 14.7. The van der Waals surface area contributed by atoms with Gasteiger partial charge in [0.05, 0.1) is 12.9 Å². The number of fused-ring (bicyclic) bond motifs is 1. The number of nitrogens with zero attached hydrogens (tertiary/aromatic N) is 4. The minimum absolute atomic E-state index is 0.0374. The van der Waals surface area contributed by atoms with Gasteiger partial charge in [-0.2, -0.15) is 0 Å². The Kier molecular flexibility index (Phi) is 26.7. The number of nitrogens with one attached hydrogen (secondary N) is 11. The lowest BCUT2D eigenvalue weighted by molar-refractivity contribution is -0.148. The Bertz CT molecular complexity index is 3320. The molecule has 2 aliphatic heterocycles. The third-order valence-electron chi connectivity index (χ3n) is 15.9. The lowest BCUT2D eigenvalue weighted by Crippen LogP contribution is -2.60. The molecule has 31 nitrogen and oxygen atoms in total. The van der Waals surface area contributed by atoms with E-state index in [4.69, 9.17) is 11.5 Å². The largest absolute Gasteiger partial charge is 0.480 e. The van der Waals surface area contributed by atoms with Crippen LogP contribution >= 0.6 is 0 Å². The first-order valence-electron chi connectivity index (χ1n) is 31.0. The lowest BCUT2D eigenvalue weighted by Gasteiger charge is -2.33. The number of aromatic amines is 2. The van der Waals surface area contributed by atoms with Crippen LogP contribution in [0.25, 0.3) is 10.9 Å². The third kappa shape index (κ3) is 21.1. The monoisotopic (exact) mass is 1290 g/mol. The second-order valence-corrected chi connectivity index (χ2v) is 23.8. The first-order valence-corrected chi connectivity index (χ1v) is 31.0. The Labute approximate surface area is 537 Å². The number of amides is 11. The molecule has 2 aliphatic rings. The number of aromatic nitrogens is 3. The zero-order valence-electron chi connectivity index (χ0n) is 53.0. The summed E-state index contributed by atoms with van der Waals surface area (Å²) in [5.74, 6) is -9.59. The molecule has 0 unspecified atom stereocenters. The van der Waals surface area contributed by atoms with Crippen molar-refractivity contribution in [2.75, 3.05) is 26.2 Å². The molecule has 0 radical (unpaired) electrons. The molecule has 6 rings (SSSR count). The predicted octanol–water partition coefficient (Wildman–Crippen LogP) is -2.48. The Morgan fingerprint density at radius 2 is 1.16 bits per heavy atom. The van der Waals surface area contributed by atoms with E-state index in [0.717, 1.165) is 0 Å². The van der Waals surface area contributed by atoms with E-state index in [-0.39, 0.29) is 76.5 Å². The highest BCUT2D eigenvalue weighted by Gasteiger charge is 2.45. The lowest BCUT2D eigenvalue weighted by atomic mass is 10.0. The van der Waals surface area contributed by atoms with E-state index in [1.54, 1.807) is 60.8 Å². The average molecular weight is 1290 g/mol. The average Bonchev–Trinajstić information content (AvgIpc) is 1.79. The van der Waals surface area contributed by atoms with Crippen molar-refractivity contribution in [1.29, 1.82) is 0 Å². The van der Waals surface area contributed by atoms with Gasteiger partial charge in [0.25, 0.3) is 0 Å². The molecule has 504 valence electrons. The number of likely N-dealkylation sites (tertiary alicyclic amines) is 2. The smallest absolute Gasteiger partial charge is 0.326 e. The summed E-state index contributed by atoms with van der Waals surface area (Å²) in [5, 5.41) is 44.3. The van der Waals surface area contributed by atoms with E-state index >= 15 is 0 Å². The van der Waals surface area contributed by atoms with Crippen LogP contribution in [0.2, 0.25) is 0 Å². The number of aliphatic hydroxyl groups excluding tert-OH is 1. The van der Waals surface area contributed by atoms with E-state index < -0.39 is 144 Å². The zero-order chi connectivity index (χ0) is 68.1. The Morgan fingerprint density at radius 1 is 0.613 bits per heavy atom. The second-order valence-electron chi connectivity index (χ2n) is 23.8. The van der Waals surface area contributed by atoms with Gasteiger partial charge in [-0.15, -0.1) is 0 Å². The number of imidazole rings is 1. The van der Waals surface area contributed by atoms with Gasteiger partial charge < -0.3 is 89.3 Å². The van der Waals surface area contributed by atoms with Crippen molar-refractivity contribution in [1.82, 2.24) is 72.6 Å². The molecule has 0 aliphatic carbocycles. The number of para-hydroxylation sites is 1. The van der Waals surface area contributed by atoms with Gasteiger partial charge in [-0.25, -0.2) is 9.78 Å². The van der Waals surface area contributed by atoms with Crippen molar-refractivity contribution in [2.24, 2.45) is 22.4 Å². The number of carbonyl (C=O) groups is 12. The summed E-state index contributed by atoms with van der Waals surface area (Å²) in [7, 11) is 0. The van der Waals surface area contributed by atoms with Crippen molar-refractivity contribution in [3.63, 3.8) is 0 Å². The molecule has 4 aromatic rings. The van der Waals surface area contributed by atoms with E-state index in [9.17, 15) is 67.7 Å². The second kappa shape index (κ2) is 34.5. The molecule has 4 heterocycles. The molecule has 0 bridgehead atoms. The van der Waals surface area contributed by atoms with Crippen LogP contribution in [-0.2, 0) is 76.8 Å². The Balaban J connectivity index is 1.11. The first kappa shape index (κ1) is 72.1. The standard InChI is InChI=1S/C62H87N17O14/c1-33(2)25-44(72-37(6)81)54(85)70-34(3)51(82)69-35(4)52(83)76-47(28-40-30-65-32-68-40)59(90)79-24-14-21-50(79)60(91)78-23-13-20-49(78)58(89)75-45(26-38-15-8-7-9-16-38)55(86)71-36(5)53(84)77-48(31-80)57(88)74-46(27-39-29-67-42-18-11-10-17-41(39)42)56(87)73-43(61(92)93)19-12-22-66-62(63)64/h7-11,15-18,29-30,32-36,43-50,67,80H,12-14,19-28,31H2,1-6H3,(H,65,68)(H,69,82)(H,70,85)(H,71,86)(H,72,81)(H,73,87)(H,74,88)(H,75,89)(H,76,83)(H,77,84)(H,92,93)(H4,63,64,66)/t34-,35-,36-,43-,44-,45-,46-,47-,48-,49-,50-/m0/s1. The van der Waals surface area contributed by atoms with Crippen molar-refractivity contribution in [2.45, 2.75) is 172 Å². The number of benzene rings is 2. The van der Waals surface area contributed by atoms with Crippen LogP contribution in [0.1, 0.15) is 103 Å². The number of carbonyl (C=O) groups excluding carboxylic acids is 11. The molecule has 11 amide bonds. The van der Waals surface area contributed by atoms with Crippen molar-refractivity contribution < 1.29 is 67.7 Å². The third-order valence-corrected chi connectivity index (χ3v) is 15.9. The minimum Gasteiger partial charge on any atom is -0.480 e. The first-order chi connectivity index (χ1) is 44.2. The zero-order valence-corrected chi connectivity index (χ0v) is 53.0. The summed E-state index contributed by atoms with van der Waals surface area (Å²) < 4.78 is 0. The molecule has 2 aromatic carbocycles. The molecule has 93 heavy (non-hydrogen) atoms. The summed E-state index contributed by atoms with van der Waals surface area (Å²) in [5.41, 5.74) is 13.1. The molecule has 2 fully saturated rings. The van der Waals surface area contributed by atoms with Crippen LogP contribution in [0.3, 0.4) is 0 Å². The predicted molar refractivity (Wildman–Crippen MR) is 338 cm³/mol. The maximum atomic E-state index is 14.7. The van der Waals surface area contributed by atoms with Gasteiger partial charge in [0.2, 0.25) is 65.0 Å². The summed E-state index contributed by atoms with van der Waals surface area (Å²) in [6, 6.07) is 1.73. The van der Waals surface area contributed by atoms with Crippen molar-refractivity contribution in [3.05, 3.63) is 90.1 Å². The highest BCUT2D eigenvalue weighted by molar-refractivity contribution is 6.00. The summed E-state index contributed by atoms with van der Waals surface area (Å²) in [6.45, 7) is 8.47. The minimum atomic E-state index is -1.70. The van der Waals surface area contributed by atoms with Gasteiger partial charge in [-0.3, -0.25) is 57.7 Å². The summed E-state index contributed by atoms with van der Waals surface area (Å²) >= 11 is 0. The quantitative estimate of drug-likeness (QED) is 0.0133. The number of guanidine groups is 1. The topological polar surface area (TPSA) is 469 Å². The number of carboxylic acid groups (broad SMARTS) is 1. The number of nitrogens with two attached hydrogens (primary N) is 2. The van der Waals surface area contributed by atoms with Gasteiger partial charge >= 0.3 is 5.97 Å². The maximum Gasteiger partial charge on any atom is 0.326 e. The van der Waals surface area contributed by atoms with Crippen molar-refractivity contribution >= 4 is 87.8 Å². The highest BCUT2D eigenvalue weighted by atomic mass is 16.4. The summed E-state index contributed by atoms with van der Waals surface area (Å²) in [4.78, 5) is 181. The number of aliphatic hydroxyl groups is 1. The van der Waals surface area contributed by atoms with Crippen LogP contribution < -0.4 is 59.3 Å². The van der Waals surface area contributed by atoms with Crippen LogP contribution in [0.5, 0.6) is 0 Å². The van der Waals surface area contributed by atoms with Crippen molar-refractivity contribution in [3.8, 4) is 0 Å². The van der Waals surface area contributed by atoms with Crippen LogP contribution in [0.15, 0.2) is 78.3 Å². The van der Waals surface area contributed by atoms with Crippen LogP contribution in [0.4, 0.5) is 0 Å². The molecular weight excluding hydrogens is 1210 g/mol. The fraction of sp³-hybridized carbons (Fsp3) is 0.516. The molecule has 2 aromatic heterocycles. The number of rotatable bonds is 33.